The van der Waals surface area contributed by atoms with Gasteiger partial charge in [0, 0.05) is 25.3 Å². The molecule has 1 aromatic carbocycles. The molecular formula is C18H24N4O2S3. The third-order valence-electron chi connectivity index (χ3n) is 3.63. The van der Waals surface area contributed by atoms with Crippen LogP contribution in [0.3, 0.4) is 0 Å². The Kier molecular flexibility index (Phi) is 9.65. The smallest absolute Gasteiger partial charge is 0.233 e. The van der Waals surface area contributed by atoms with Gasteiger partial charge in [-0.1, -0.05) is 78.5 Å². The minimum Gasteiger partial charge on any atom is -0.370 e. The summed E-state index contributed by atoms with van der Waals surface area (Å²) < 4.78 is 1.73. The number of rotatable bonds is 12. The molecule has 2 amide bonds. The fraction of sp³-hybridized carbons (Fsp3) is 0.444. The lowest BCUT2D eigenvalue weighted by Gasteiger charge is -2.22. The molecule has 0 unspecified atom stereocenters. The molecule has 1 aromatic heterocycles. The first kappa shape index (κ1) is 21.7. The number of nitrogens with two attached hydrogens (primary N) is 1. The van der Waals surface area contributed by atoms with Gasteiger partial charge in [0.2, 0.25) is 11.8 Å². The van der Waals surface area contributed by atoms with Crippen molar-refractivity contribution in [3.05, 3.63) is 35.9 Å². The standard InChI is InChI=1S/C18H24N4O2S3/c1-2-3-11-25-17-20-21-18(27-17)26-13-16(24)22(10-9-15(19)23)12-14-7-5-4-6-8-14/h4-8H,2-3,9-13H2,1H3,(H2,19,23). The molecule has 0 bridgehead atoms. The number of aromatic nitrogens is 2. The highest BCUT2D eigenvalue weighted by Gasteiger charge is 2.16. The van der Waals surface area contributed by atoms with Crippen LogP contribution in [-0.2, 0) is 16.1 Å². The van der Waals surface area contributed by atoms with E-state index in [1.165, 1.54) is 23.1 Å². The predicted octanol–water partition coefficient (Wildman–Crippen LogP) is 3.43. The fourth-order valence-electron chi connectivity index (χ4n) is 2.17. The molecule has 0 aliphatic rings. The lowest BCUT2D eigenvalue weighted by molar-refractivity contribution is -0.129. The second-order valence-electron chi connectivity index (χ2n) is 5.84. The van der Waals surface area contributed by atoms with Gasteiger partial charge >= 0.3 is 0 Å². The SMILES string of the molecule is CCCCSc1nnc(SCC(=O)N(CCC(N)=O)Cc2ccccc2)s1. The Morgan fingerprint density at radius 1 is 1.15 bits per heavy atom. The van der Waals surface area contributed by atoms with E-state index in [9.17, 15) is 9.59 Å². The zero-order valence-electron chi connectivity index (χ0n) is 15.3. The molecule has 6 nitrogen and oxygen atoms in total. The van der Waals surface area contributed by atoms with Crippen LogP contribution in [0.5, 0.6) is 0 Å². The summed E-state index contributed by atoms with van der Waals surface area (Å²) >= 11 is 4.61. The fourth-order valence-corrected chi connectivity index (χ4v) is 5.25. The number of hydrogen-bond acceptors (Lipinski definition) is 7. The number of primary amides is 1. The van der Waals surface area contributed by atoms with E-state index in [4.69, 9.17) is 5.73 Å². The van der Waals surface area contributed by atoms with Gasteiger partial charge in [0.1, 0.15) is 0 Å². The molecule has 0 saturated heterocycles. The summed E-state index contributed by atoms with van der Waals surface area (Å²) in [5.74, 6) is 0.846. The van der Waals surface area contributed by atoms with Gasteiger partial charge in [0.15, 0.2) is 8.68 Å². The van der Waals surface area contributed by atoms with Crippen LogP contribution in [0, 0.1) is 0 Å². The third kappa shape index (κ3) is 8.32. The molecule has 2 rings (SSSR count). The number of benzene rings is 1. The van der Waals surface area contributed by atoms with Gasteiger partial charge in [0.05, 0.1) is 5.75 Å². The van der Waals surface area contributed by atoms with Crippen molar-refractivity contribution in [2.45, 2.75) is 41.4 Å². The molecule has 27 heavy (non-hydrogen) atoms. The van der Waals surface area contributed by atoms with Gasteiger partial charge in [-0.05, 0) is 12.0 Å². The average Bonchev–Trinajstić information content (AvgIpc) is 3.12. The molecule has 2 N–H and O–H groups in total. The number of carbonyl (C=O) groups is 2. The minimum atomic E-state index is -0.411. The summed E-state index contributed by atoms with van der Waals surface area (Å²) in [6.07, 6.45) is 2.46. The maximum absolute atomic E-state index is 12.7. The second-order valence-corrected chi connectivity index (χ2v) is 9.38. The summed E-state index contributed by atoms with van der Waals surface area (Å²) in [5.41, 5.74) is 6.27. The highest BCUT2D eigenvalue weighted by molar-refractivity contribution is 8.03. The van der Waals surface area contributed by atoms with Crippen molar-refractivity contribution in [1.29, 1.82) is 0 Å². The van der Waals surface area contributed by atoms with Crippen molar-refractivity contribution in [1.82, 2.24) is 15.1 Å². The van der Waals surface area contributed by atoms with Crippen LogP contribution in [0.15, 0.2) is 39.0 Å². The molecule has 0 fully saturated rings. The van der Waals surface area contributed by atoms with E-state index in [0.29, 0.717) is 13.1 Å². The normalized spacial score (nSPS) is 10.7. The number of carbonyl (C=O) groups excluding carboxylic acids is 2. The quantitative estimate of drug-likeness (QED) is 0.415. The first-order chi connectivity index (χ1) is 13.1. The van der Waals surface area contributed by atoms with E-state index in [1.54, 1.807) is 16.7 Å². The highest BCUT2D eigenvalue weighted by Crippen LogP contribution is 2.29. The lowest BCUT2D eigenvalue weighted by Crippen LogP contribution is -2.34. The monoisotopic (exact) mass is 424 g/mol. The molecular weight excluding hydrogens is 400 g/mol. The molecule has 0 aliphatic carbocycles. The Labute approximate surface area is 172 Å². The van der Waals surface area contributed by atoms with E-state index in [1.807, 2.05) is 30.3 Å². The minimum absolute atomic E-state index is 0.0412. The zero-order valence-corrected chi connectivity index (χ0v) is 17.7. The Hall–Kier alpha value is -1.58. The first-order valence-corrected chi connectivity index (χ1v) is 11.6. The van der Waals surface area contributed by atoms with Crippen molar-refractivity contribution >= 4 is 46.7 Å². The zero-order chi connectivity index (χ0) is 19.5. The topological polar surface area (TPSA) is 89.2 Å². The molecule has 0 saturated carbocycles. The number of hydrogen-bond donors (Lipinski definition) is 1. The molecule has 1 heterocycles. The predicted molar refractivity (Wildman–Crippen MR) is 112 cm³/mol. The summed E-state index contributed by atoms with van der Waals surface area (Å²) in [4.78, 5) is 25.5. The van der Waals surface area contributed by atoms with Gasteiger partial charge in [-0.3, -0.25) is 9.59 Å². The second kappa shape index (κ2) is 12.0. The van der Waals surface area contributed by atoms with Crippen LogP contribution in [0.2, 0.25) is 0 Å². The molecule has 0 aliphatic heterocycles. The van der Waals surface area contributed by atoms with Crippen molar-refractivity contribution in [3.63, 3.8) is 0 Å². The van der Waals surface area contributed by atoms with Gasteiger partial charge in [-0.15, -0.1) is 10.2 Å². The molecule has 0 spiro atoms. The summed E-state index contributed by atoms with van der Waals surface area (Å²) in [5, 5.41) is 8.31. The Morgan fingerprint density at radius 2 is 1.85 bits per heavy atom. The van der Waals surface area contributed by atoms with Crippen molar-refractivity contribution in [2.75, 3.05) is 18.1 Å². The third-order valence-corrected chi connectivity index (χ3v) is 6.89. The highest BCUT2D eigenvalue weighted by atomic mass is 32.2. The maximum atomic E-state index is 12.7. The van der Waals surface area contributed by atoms with Crippen LogP contribution in [-0.4, -0.2) is 45.0 Å². The number of nitrogens with zero attached hydrogens (tertiary/aromatic N) is 3. The van der Waals surface area contributed by atoms with Gasteiger partial charge in [-0.2, -0.15) is 0 Å². The van der Waals surface area contributed by atoms with Crippen LogP contribution in [0.25, 0.3) is 0 Å². The van der Waals surface area contributed by atoms with Crippen molar-refractivity contribution in [3.8, 4) is 0 Å². The van der Waals surface area contributed by atoms with Crippen LogP contribution < -0.4 is 5.73 Å². The molecule has 9 heteroatoms. The van der Waals surface area contributed by atoms with Gasteiger partial charge < -0.3 is 10.6 Å². The van der Waals surface area contributed by atoms with E-state index >= 15 is 0 Å². The largest absolute Gasteiger partial charge is 0.370 e. The Balaban J connectivity index is 1.89. The Morgan fingerprint density at radius 3 is 2.52 bits per heavy atom. The van der Waals surface area contributed by atoms with Crippen LogP contribution >= 0.6 is 34.9 Å². The van der Waals surface area contributed by atoms with Gasteiger partial charge in [0.25, 0.3) is 0 Å². The molecule has 0 atom stereocenters. The molecule has 0 radical (unpaired) electrons. The first-order valence-electron chi connectivity index (χ1n) is 8.77. The average molecular weight is 425 g/mol. The summed E-state index contributed by atoms with van der Waals surface area (Å²) in [6, 6.07) is 9.71. The van der Waals surface area contributed by atoms with E-state index in [-0.39, 0.29) is 18.1 Å². The van der Waals surface area contributed by atoms with Crippen LogP contribution in [0.1, 0.15) is 31.7 Å². The Bertz CT molecular complexity index is 724. The summed E-state index contributed by atoms with van der Waals surface area (Å²) in [7, 11) is 0. The van der Waals surface area contributed by atoms with E-state index in [2.05, 4.69) is 17.1 Å². The van der Waals surface area contributed by atoms with E-state index in [0.717, 1.165) is 32.8 Å². The lowest BCUT2D eigenvalue weighted by atomic mass is 10.2. The van der Waals surface area contributed by atoms with Crippen molar-refractivity contribution in [2.24, 2.45) is 5.73 Å². The summed E-state index contributed by atoms with van der Waals surface area (Å²) in [6.45, 7) is 2.94. The maximum Gasteiger partial charge on any atom is 0.233 e. The number of amides is 2. The molecule has 2 aromatic rings. The molecule has 146 valence electrons. The van der Waals surface area contributed by atoms with E-state index < -0.39 is 5.91 Å². The number of thioether (sulfide) groups is 2. The van der Waals surface area contributed by atoms with Gasteiger partial charge in [-0.25, -0.2) is 0 Å². The van der Waals surface area contributed by atoms with Crippen molar-refractivity contribution < 1.29 is 9.59 Å². The number of unbranched alkanes of at least 4 members (excludes halogenated alkanes) is 1. The van der Waals surface area contributed by atoms with Crippen LogP contribution in [0.4, 0.5) is 0 Å².